The molecule has 0 radical (unpaired) electrons. The summed E-state index contributed by atoms with van der Waals surface area (Å²) in [5.74, 6) is -0.221. The summed E-state index contributed by atoms with van der Waals surface area (Å²) >= 11 is 0. The minimum absolute atomic E-state index is 0.0433. The Morgan fingerprint density at radius 1 is 1.53 bits per heavy atom. The summed E-state index contributed by atoms with van der Waals surface area (Å²) in [4.78, 5) is 11.4. The Labute approximate surface area is 89.3 Å². The van der Waals surface area contributed by atoms with E-state index >= 15 is 0 Å². The second kappa shape index (κ2) is 5.61. The molecule has 82 valence electrons. The van der Waals surface area contributed by atoms with Crippen LogP contribution in [0.2, 0.25) is 0 Å². The van der Waals surface area contributed by atoms with E-state index in [2.05, 4.69) is 0 Å². The molecule has 1 aromatic rings. The van der Waals surface area contributed by atoms with Gasteiger partial charge >= 0.3 is 0 Å². The van der Waals surface area contributed by atoms with Crippen LogP contribution in [0.4, 0.5) is 4.39 Å². The number of Topliss-reactive ketones (excluding diaryl/α,β-unsaturated/α-hetero) is 1. The molecule has 0 fully saturated rings. The van der Waals surface area contributed by atoms with Gasteiger partial charge in [0.05, 0.1) is 6.04 Å². The van der Waals surface area contributed by atoms with Gasteiger partial charge < -0.3 is 5.73 Å². The van der Waals surface area contributed by atoms with Crippen molar-refractivity contribution in [1.29, 1.82) is 0 Å². The third kappa shape index (κ3) is 3.80. The van der Waals surface area contributed by atoms with Crippen LogP contribution in [0.25, 0.3) is 0 Å². The molecule has 0 aliphatic rings. The molecule has 0 aromatic heterocycles. The highest BCUT2D eigenvalue weighted by Gasteiger charge is 2.10. The van der Waals surface area contributed by atoms with Crippen LogP contribution in [-0.4, -0.2) is 11.8 Å². The molecule has 0 bridgehead atoms. The van der Waals surface area contributed by atoms with Crippen LogP contribution in [0.5, 0.6) is 0 Å². The van der Waals surface area contributed by atoms with Gasteiger partial charge in [-0.25, -0.2) is 4.39 Å². The summed E-state index contributed by atoms with van der Waals surface area (Å²) in [7, 11) is 0. The Bertz CT molecular complexity index is 338. The van der Waals surface area contributed by atoms with Crippen LogP contribution >= 0.6 is 0 Å². The molecular weight excluding hydrogens is 193 g/mol. The van der Waals surface area contributed by atoms with E-state index in [1.165, 1.54) is 12.1 Å². The van der Waals surface area contributed by atoms with Crippen LogP contribution in [0.3, 0.4) is 0 Å². The maximum absolute atomic E-state index is 12.8. The zero-order valence-corrected chi connectivity index (χ0v) is 8.87. The molecule has 0 aliphatic heterocycles. The van der Waals surface area contributed by atoms with Gasteiger partial charge in [0.1, 0.15) is 11.6 Å². The number of halogens is 1. The van der Waals surface area contributed by atoms with Gasteiger partial charge in [-0.1, -0.05) is 19.1 Å². The van der Waals surface area contributed by atoms with Gasteiger partial charge in [-0.3, -0.25) is 4.79 Å². The van der Waals surface area contributed by atoms with E-state index in [9.17, 15) is 9.18 Å². The Morgan fingerprint density at radius 2 is 2.27 bits per heavy atom. The molecule has 1 unspecified atom stereocenters. The maximum atomic E-state index is 12.8. The number of hydrogen-bond donors (Lipinski definition) is 1. The molecule has 1 atom stereocenters. The van der Waals surface area contributed by atoms with E-state index in [1.54, 1.807) is 6.07 Å². The summed E-state index contributed by atoms with van der Waals surface area (Å²) < 4.78 is 12.8. The van der Waals surface area contributed by atoms with Gasteiger partial charge in [-0.05, 0) is 30.5 Å². The second-order valence-electron chi connectivity index (χ2n) is 3.61. The lowest BCUT2D eigenvalue weighted by Crippen LogP contribution is -2.29. The molecule has 0 saturated carbocycles. The Hall–Kier alpha value is -1.22. The summed E-state index contributed by atoms with van der Waals surface area (Å²) in [5.41, 5.74) is 6.43. The second-order valence-corrected chi connectivity index (χ2v) is 3.61. The van der Waals surface area contributed by atoms with Gasteiger partial charge in [0.25, 0.3) is 0 Å². The van der Waals surface area contributed by atoms with Crippen molar-refractivity contribution in [3.8, 4) is 0 Å². The predicted molar refractivity (Wildman–Crippen MR) is 58.0 cm³/mol. The van der Waals surface area contributed by atoms with Gasteiger partial charge in [0.2, 0.25) is 0 Å². The van der Waals surface area contributed by atoms with Gasteiger partial charge in [0.15, 0.2) is 0 Å². The number of benzene rings is 1. The Morgan fingerprint density at radius 3 is 2.87 bits per heavy atom. The van der Waals surface area contributed by atoms with Crippen molar-refractivity contribution in [2.24, 2.45) is 5.73 Å². The Kier molecular flexibility index (Phi) is 4.43. The number of nitrogens with two attached hydrogens (primary N) is 1. The number of carbonyl (C=O) groups is 1. The number of hydrogen-bond acceptors (Lipinski definition) is 2. The molecule has 0 spiro atoms. The molecule has 2 N–H and O–H groups in total. The fourth-order valence-electron chi connectivity index (χ4n) is 1.37. The quantitative estimate of drug-likeness (QED) is 0.806. The molecule has 0 saturated heterocycles. The first-order valence-electron chi connectivity index (χ1n) is 5.16. The zero-order chi connectivity index (χ0) is 11.3. The van der Waals surface area contributed by atoms with Gasteiger partial charge in [0, 0.05) is 6.42 Å². The highest BCUT2D eigenvalue weighted by atomic mass is 19.1. The minimum atomic E-state index is -0.376. The van der Waals surface area contributed by atoms with Crippen LogP contribution in [0, 0.1) is 5.82 Å². The van der Waals surface area contributed by atoms with Gasteiger partial charge in [-0.15, -0.1) is 0 Å². The largest absolute Gasteiger partial charge is 0.322 e. The third-order valence-electron chi connectivity index (χ3n) is 2.40. The van der Waals surface area contributed by atoms with E-state index < -0.39 is 0 Å². The Balaban J connectivity index is 2.47. The van der Waals surface area contributed by atoms with Gasteiger partial charge in [-0.2, -0.15) is 0 Å². The number of aryl methyl sites for hydroxylation is 1. The topological polar surface area (TPSA) is 43.1 Å². The highest BCUT2D eigenvalue weighted by Crippen LogP contribution is 2.07. The average Bonchev–Trinajstić information content (AvgIpc) is 2.25. The standard InChI is InChI=1S/C12H16FNO/c1-2-11(14)12(15)7-6-9-4-3-5-10(13)8-9/h3-5,8,11H,2,6-7,14H2,1H3. The first-order chi connectivity index (χ1) is 7.13. The summed E-state index contributed by atoms with van der Waals surface area (Å²) in [6.45, 7) is 1.88. The molecule has 0 amide bonds. The van der Waals surface area contributed by atoms with Crippen LogP contribution in [0.1, 0.15) is 25.3 Å². The molecule has 1 rings (SSSR count). The van der Waals surface area contributed by atoms with Crippen LogP contribution < -0.4 is 5.73 Å². The van der Waals surface area contributed by atoms with Crippen molar-refractivity contribution in [2.45, 2.75) is 32.2 Å². The number of carbonyl (C=O) groups excluding carboxylic acids is 1. The zero-order valence-electron chi connectivity index (χ0n) is 8.87. The molecular formula is C12H16FNO. The van der Waals surface area contributed by atoms with Crippen molar-refractivity contribution in [3.63, 3.8) is 0 Å². The molecule has 2 nitrogen and oxygen atoms in total. The van der Waals surface area contributed by atoms with Crippen molar-refractivity contribution < 1.29 is 9.18 Å². The summed E-state index contributed by atoms with van der Waals surface area (Å²) in [5, 5.41) is 0. The van der Waals surface area contributed by atoms with Crippen molar-refractivity contribution in [3.05, 3.63) is 35.6 Å². The smallest absolute Gasteiger partial charge is 0.149 e. The van der Waals surface area contributed by atoms with E-state index in [0.717, 1.165) is 5.56 Å². The lowest BCUT2D eigenvalue weighted by atomic mass is 10.0. The normalized spacial score (nSPS) is 12.5. The highest BCUT2D eigenvalue weighted by molar-refractivity contribution is 5.83. The number of ketones is 1. The summed E-state index contributed by atoms with van der Waals surface area (Å²) in [6, 6.07) is 5.93. The van der Waals surface area contributed by atoms with Crippen molar-refractivity contribution in [2.75, 3.05) is 0 Å². The van der Waals surface area contributed by atoms with Crippen molar-refractivity contribution in [1.82, 2.24) is 0 Å². The van der Waals surface area contributed by atoms with E-state index in [-0.39, 0.29) is 17.6 Å². The molecule has 3 heteroatoms. The van der Waals surface area contributed by atoms with E-state index in [1.807, 2.05) is 13.0 Å². The first-order valence-corrected chi connectivity index (χ1v) is 5.16. The number of rotatable bonds is 5. The van der Waals surface area contributed by atoms with Crippen molar-refractivity contribution >= 4 is 5.78 Å². The lowest BCUT2D eigenvalue weighted by molar-refractivity contribution is -0.120. The van der Waals surface area contributed by atoms with Crippen LogP contribution in [-0.2, 0) is 11.2 Å². The maximum Gasteiger partial charge on any atom is 0.149 e. The third-order valence-corrected chi connectivity index (χ3v) is 2.40. The molecule has 15 heavy (non-hydrogen) atoms. The molecule has 0 aliphatic carbocycles. The fraction of sp³-hybridized carbons (Fsp3) is 0.417. The van der Waals surface area contributed by atoms with Crippen LogP contribution in [0.15, 0.2) is 24.3 Å². The summed E-state index contributed by atoms with van der Waals surface area (Å²) in [6.07, 6.45) is 1.60. The van der Waals surface area contributed by atoms with E-state index in [0.29, 0.717) is 19.3 Å². The monoisotopic (exact) mass is 209 g/mol. The minimum Gasteiger partial charge on any atom is -0.322 e. The first kappa shape index (κ1) is 11.9. The molecule has 0 heterocycles. The average molecular weight is 209 g/mol. The predicted octanol–water partition coefficient (Wildman–Crippen LogP) is 2.06. The fourth-order valence-corrected chi connectivity index (χ4v) is 1.37. The van der Waals surface area contributed by atoms with E-state index in [4.69, 9.17) is 5.73 Å². The lowest BCUT2D eigenvalue weighted by Gasteiger charge is -2.07. The SMILES string of the molecule is CCC(N)C(=O)CCc1cccc(F)c1. The molecule has 1 aromatic carbocycles.